The van der Waals surface area contributed by atoms with Crippen molar-refractivity contribution in [1.82, 2.24) is 9.88 Å². The van der Waals surface area contributed by atoms with Gasteiger partial charge in [-0.3, -0.25) is 9.78 Å². The first kappa shape index (κ1) is 13.8. The van der Waals surface area contributed by atoms with Gasteiger partial charge in [0.05, 0.1) is 24.8 Å². The molecule has 0 bridgehead atoms. The van der Waals surface area contributed by atoms with E-state index in [2.05, 4.69) is 4.98 Å². The van der Waals surface area contributed by atoms with E-state index in [0.29, 0.717) is 13.2 Å². The van der Waals surface area contributed by atoms with Gasteiger partial charge in [-0.2, -0.15) is 13.2 Å². The lowest BCUT2D eigenvalue weighted by Gasteiger charge is -2.33. The Morgan fingerprint density at radius 2 is 2.26 bits per heavy atom. The van der Waals surface area contributed by atoms with Gasteiger partial charge in [0.25, 0.3) is 5.91 Å². The summed E-state index contributed by atoms with van der Waals surface area (Å²) in [5.74, 6) is -0.656. The van der Waals surface area contributed by atoms with Crippen molar-refractivity contribution >= 4 is 5.91 Å². The van der Waals surface area contributed by atoms with E-state index in [-0.39, 0.29) is 12.6 Å². The monoisotopic (exact) mass is 274 g/mol. The summed E-state index contributed by atoms with van der Waals surface area (Å²) in [6.07, 6.45) is -3.61. The zero-order chi connectivity index (χ0) is 14.0. The summed E-state index contributed by atoms with van der Waals surface area (Å²) < 4.78 is 43.6. The summed E-state index contributed by atoms with van der Waals surface area (Å²) in [6, 6.07) is 2.23. The molecule has 1 aliphatic heterocycles. The molecule has 0 aromatic carbocycles. The van der Waals surface area contributed by atoms with E-state index in [1.54, 1.807) is 6.92 Å². The van der Waals surface area contributed by atoms with Crippen LogP contribution in [-0.4, -0.2) is 41.6 Å². The molecule has 1 fully saturated rings. The Balaban J connectivity index is 2.33. The van der Waals surface area contributed by atoms with E-state index in [1.165, 1.54) is 11.0 Å². The average molecular weight is 274 g/mol. The van der Waals surface area contributed by atoms with Crippen LogP contribution in [0.3, 0.4) is 0 Å². The van der Waals surface area contributed by atoms with Crippen molar-refractivity contribution in [1.29, 1.82) is 0 Å². The number of aromatic nitrogens is 1. The van der Waals surface area contributed by atoms with E-state index in [1.807, 2.05) is 0 Å². The Kier molecular flexibility index (Phi) is 3.75. The second-order valence-corrected chi connectivity index (χ2v) is 4.32. The molecule has 1 saturated heterocycles. The molecule has 7 heteroatoms. The molecule has 0 N–H and O–H groups in total. The lowest BCUT2D eigenvalue weighted by molar-refractivity contribution is -0.141. The molecule has 0 spiro atoms. The number of hydrogen-bond acceptors (Lipinski definition) is 3. The summed E-state index contributed by atoms with van der Waals surface area (Å²) in [5.41, 5.74) is -1.55. The first-order chi connectivity index (χ1) is 8.91. The number of amides is 1. The molecule has 1 aromatic heterocycles. The Morgan fingerprint density at radius 1 is 1.53 bits per heavy atom. The Morgan fingerprint density at radius 3 is 2.89 bits per heavy atom. The molecule has 1 atom stereocenters. The van der Waals surface area contributed by atoms with Crippen LogP contribution in [0.4, 0.5) is 13.2 Å². The molecule has 0 aliphatic carbocycles. The highest BCUT2D eigenvalue weighted by Gasteiger charge is 2.38. The third kappa shape index (κ3) is 2.86. The summed E-state index contributed by atoms with van der Waals surface area (Å²) in [5, 5.41) is 0. The topological polar surface area (TPSA) is 42.4 Å². The number of carbonyl (C=O) groups excluding carboxylic acids is 1. The van der Waals surface area contributed by atoms with Crippen LogP contribution in [0.15, 0.2) is 18.3 Å². The number of halogens is 3. The van der Waals surface area contributed by atoms with Crippen molar-refractivity contribution in [3.8, 4) is 0 Å². The van der Waals surface area contributed by atoms with Crippen molar-refractivity contribution in [3.63, 3.8) is 0 Å². The number of alkyl halides is 3. The van der Waals surface area contributed by atoms with Gasteiger partial charge in [0.1, 0.15) is 0 Å². The van der Waals surface area contributed by atoms with E-state index in [4.69, 9.17) is 4.74 Å². The second-order valence-electron chi connectivity index (χ2n) is 4.32. The molecule has 1 aromatic rings. The maximum atomic E-state index is 12.8. The van der Waals surface area contributed by atoms with Gasteiger partial charge >= 0.3 is 6.18 Å². The number of hydrogen-bond donors (Lipinski definition) is 0. The Labute approximate surface area is 108 Å². The molecule has 4 nitrogen and oxygen atoms in total. The maximum Gasteiger partial charge on any atom is 0.434 e. The van der Waals surface area contributed by atoms with Crippen LogP contribution in [0.1, 0.15) is 23.0 Å². The smallest absolute Gasteiger partial charge is 0.377 e. The fraction of sp³-hybridized carbons (Fsp3) is 0.500. The van der Waals surface area contributed by atoms with Gasteiger partial charge in [-0.05, 0) is 19.1 Å². The average Bonchev–Trinajstić information content (AvgIpc) is 2.37. The van der Waals surface area contributed by atoms with Crippen LogP contribution < -0.4 is 0 Å². The highest BCUT2D eigenvalue weighted by Crippen LogP contribution is 2.31. The van der Waals surface area contributed by atoms with Crippen LogP contribution in [0.5, 0.6) is 0 Å². The summed E-state index contributed by atoms with van der Waals surface area (Å²) in [7, 11) is 0. The van der Waals surface area contributed by atoms with Gasteiger partial charge in [0, 0.05) is 12.7 Å². The minimum Gasteiger partial charge on any atom is -0.377 e. The number of pyridine rings is 1. The predicted octanol–water partition coefficient (Wildman–Crippen LogP) is 1.96. The molecule has 0 radical (unpaired) electrons. The summed E-state index contributed by atoms with van der Waals surface area (Å²) >= 11 is 0. The zero-order valence-electron chi connectivity index (χ0n) is 10.3. The molecule has 1 amide bonds. The minimum absolute atomic E-state index is 0.248. The van der Waals surface area contributed by atoms with Crippen molar-refractivity contribution in [2.24, 2.45) is 0 Å². The van der Waals surface area contributed by atoms with Gasteiger partial charge in [-0.15, -0.1) is 0 Å². The van der Waals surface area contributed by atoms with Crippen LogP contribution in [-0.2, 0) is 10.9 Å². The molecule has 19 heavy (non-hydrogen) atoms. The van der Waals surface area contributed by atoms with Crippen molar-refractivity contribution in [2.45, 2.75) is 19.1 Å². The number of nitrogens with zero attached hydrogens (tertiary/aromatic N) is 2. The molecule has 0 unspecified atom stereocenters. The highest BCUT2D eigenvalue weighted by atomic mass is 19.4. The fourth-order valence-electron chi connectivity index (χ4n) is 1.99. The van der Waals surface area contributed by atoms with Gasteiger partial charge in [0.15, 0.2) is 5.69 Å². The Bertz CT molecular complexity index is 476. The molecule has 104 valence electrons. The second kappa shape index (κ2) is 5.16. The quantitative estimate of drug-likeness (QED) is 0.786. The third-order valence-corrected chi connectivity index (χ3v) is 2.94. The molecule has 2 heterocycles. The molecule has 1 aliphatic rings. The lowest BCUT2D eigenvalue weighted by Crippen LogP contribution is -2.47. The van der Waals surface area contributed by atoms with Crippen LogP contribution in [0.2, 0.25) is 0 Å². The first-order valence-corrected chi connectivity index (χ1v) is 5.82. The molecular formula is C12H13F3N2O2. The summed E-state index contributed by atoms with van der Waals surface area (Å²) in [6.45, 7) is 2.68. The van der Waals surface area contributed by atoms with E-state index in [9.17, 15) is 18.0 Å². The van der Waals surface area contributed by atoms with Crippen molar-refractivity contribution < 1.29 is 22.7 Å². The van der Waals surface area contributed by atoms with Gasteiger partial charge in [0.2, 0.25) is 0 Å². The number of morpholine rings is 1. The summed E-state index contributed by atoms with van der Waals surface area (Å²) in [4.78, 5) is 16.9. The molecule has 2 rings (SSSR count). The lowest BCUT2D eigenvalue weighted by atomic mass is 10.1. The van der Waals surface area contributed by atoms with E-state index < -0.39 is 23.3 Å². The van der Waals surface area contributed by atoms with Crippen LogP contribution in [0, 0.1) is 0 Å². The van der Waals surface area contributed by atoms with E-state index >= 15 is 0 Å². The van der Waals surface area contributed by atoms with Crippen molar-refractivity contribution in [3.05, 3.63) is 29.6 Å². The van der Waals surface area contributed by atoms with Gasteiger partial charge < -0.3 is 9.64 Å². The largest absolute Gasteiger partial charge is 0.434 e. The fourth-order valence-corrected chi connectivity index (χ4v) is 1.99. The zero-order valence-corrected chi connectivity index (χ0v) is 10.3. The van der Waals surface area contributed by atoms with Crippen LogP contribution >= 0.6 is 0 Å². The number of rotatable bonds is 1. The molecular weight excluding hydrogens is 261 g/mol. The first-order valence-electron chi connectivity index (χ1n) is 5.82. The van der Waals surface area contributed by atoms with Gasteiger partial charge in [-0.25, -0.2) is 0 Å². The van der Waals surface area contributed by atoms with Crippen LogP contribution in [0.25, 0.3) is 0 Å². The Hall–Kier alpha value is -1.63. The predicted molar refractivity (Wildman–Crippen MR) is 60.6 cm³/mol. The standard InChI is InChI=1S/C12H13F3N2O2/c1-8-7-19-6-5-17(8)11(18)9-3-2-4-16-10(9)12(13,14)15/h2-4,8H,5-7H2,1H3/t8-/m1/s1. The maximum absolute atomic E-state index is 12.8. The number of carbonyl (C=O) groups is 1. The third-order valence-electron chi connectivity index (χ3n) is 2.94. The molecule has 0 saturated carbocycles. The number of ether oxygens (including phenoxy) is 1. The van der Waals surface area contributed by atoms with Crippen molar-refractivity contribution in [2.75, 3.05) is 19.8 Å². The van der Waals surface area contributed by atoms with Gasteiger partial charge in [-0.1, -0.05) is 0 Å². The SMILES string of the molecule is C[C@@H]1COCCN1C(=O)c1cccnc1C(F)(F)F. The normalized spacial score (nSPS) is 20.4. The minimum atomic E-state index is -4.64. The highest BCUT2D eigenvalue weighted by molar-refractivity contribution is 5.95. The van der Waals surface area contributed by atoms with E-state index in [0.717, 1.165) is 12.3 Å².